The molecule has 9 fully saturated rings. The van der Waals surface area contributed by atoms with Crippen LogP contribution in [0.5, 0.6) is 0 Å². The number of ether oxygens (including phenoxy) is 21. The summed E-state index contributed by atoms with van der Waals surface area (Å²) < 4.78 is 119. The molecular weight excluding hydrogens is 876 g/mol. The van der Waals surface area contributed by atoms with Crippen LogP contribution in [-0.4, -0.2) is 270 Å². The van der Waals surface area contributed by atoms with Crippen LogP contribution in [0.4, 0.5) is 0 Å². The van der Waals surface area contributed by atoms with E-state index in [-0.39, 0.29) is 42.7 Å². The van der Waals surface area contributed by atoms with Crippen LogP contribution in [0.1, 0.15) is 19.3 Å². The fourth-order valence-electron chi connectivity index (χ4n) is 6.47. The lowest BCUT2D eigenvalue weighted by Gasteiger charge is -2.37. The van der Waals surface area contributed by atoms with E-state index in [1.165, 1.54) is 0 Å². The Bertz CT molecular complexity index is 1170. The minimum Gasteiger partial charge on any atom is -0.379 e. The average Bonchev–Trinajstić information content (AvgIpc) is 4.11. The molecule has 0 spiro atoms. The van der Waals surface area contributed by atoms with Gasteiger partial charge in [0.05, 0.1) is 145 Å². The van der Waals surface area contributed by atoms with Crippen molar-refractivity contribution in [3.8, 4) is 0 Å². The lowest BCUT2D eigenvalue weighted by Crippen LogP contribution is -2.53. The summed E-state index contributed by atoms with van der Waals surface area (Å²) in [6.45, 7) is 17.3. The molecule has 9 saturated heterocycles. The molecular formula is C45H76O21. The van der Waals surface area contributed by atoms with Crippen molar-refractivity contribution in [2.75, 3.05) is 185 Å². The van der Waals surface area contributed by atoms with Crippen LogP contribution in [0.25, 0.3) is 0 Å². The van der Waals surface area contributed by atoms with Gasteiger partial charge in [-0.25, -0.2) is 0 Å². The van der Waals surface area contributed by atoms with E-state index in [9.17, 15) is 0 Å². The Labute approximate surface area is 388 Å². The second-order valence-corrected chi connectivity index (χ2v) is 17.9. The Balaban J connectivity index is 0.000000183. The van der Waals surface area contributed by atoms with E-state index in [2.05, 4.69) is 0 Å². The molecule has 21 heteroatoms. The zero-order valence-electron chi connectivity index (χ0n) is 38.6. The summed E-state index contributed by atoms with van der Waals surface area (Å²) in [7, 11) is 0. The fraction of sp³-hybridized carbons (Fsp3) is 1.00. The van der Waals surface area contributed by atoms with Gasteiger partial charge in [-0.05, 0) is 19.3 Å². The highest BCUT2D eigenvalue weighted by molar-refractivity contribution is 4.90. The zero-order valence-corrected chi connectivity index (χ0v) is 38.6. The first-order valence-electron chi connectivity index (χ1n) is 24.4. The third kappa shape index (κ3) is 24.8. The van der Waals surface area contributed by atoms with Crippen LogP contribution in [0, 0.1) is 0 Å². The second kappa shape index (κ2) is 29.5. The summed E-state index contributed by atoms with van der Waals surface area (Å²) in [5.41, 5.74) is 0. The topological polar surface area (TPSA) is 224 Å². The molecule has 0 aliphatic carbocycles. The maximum atomic E-state index is 6.45. The van der Waals surface area contributed by atoms with Crippen molar-refractivity contribution in [1.29, 1.82) is 0 Å². The summed E-state index contributed by atoms with van der Waals surface area (Å²) >= 11 is 0. The summed E-state index contributed by atoms with van der Waals surface area (Å²) in [4.78, 5) is 0. The van der Waals surface area contributed by atoms with Crippen molar-refractivity contribution >= 4 is 0 Å². The van der Waals surface area contributed by atoms with Crippen LogP contribution >= 0.6 is 0 Å². The Hall–Kier alpha value is -0.840. The molecule has 0 aromatic heterocycles. The van der Waals surface area contributed by atoms with Gasteiger partial charge in [0, 0.05) is 39.6 Å². The van der Waals surface area contributed by atoms with E-state index < -0.39 is 24.4 Å². The lowest BCUT2D eigenvalue weighted by molar-refractivity contribution is -0.200. The lowest BCUT2D eigenvalue weighted by atomic mass is 10.0. The van der Waals surface area contributed by atoms with Gasteiger partial charge in [-0.15, -0.1) is 0 Å². The van der Waals surface area contributed by atoms with Gasteiger partial charge in [-0.2, -0.15) is 0 Å². The quantitative estimate of drug-likeness (QED) is 0.0568. The molecule has 0 N–H and O–H groups in total. The molecule has 9 rings (SSSR count). The van der Waals surface area contributed by atoms with Gasteiger partial charge in [0.2, 0.25) is 0 Å². The van der Waals surface area contributed by atoms with Gasteiger partial charge < -0.3 is 99.5 Å². The van der Waals surface area contributed by atoms with Crippen molar-refractivity contribution in [2.45, 2.75) is 105 Å². The van der Waals surface area contributed by atoms with Crippen LogP contribution in [0.2, 0.25) is 0 Å². The molecule has 0 saturated carbocycles. The standard InChI is InChI=1S/C24H38O12.C21H38O9/c1(15-3-27-15)25-13-21(33-9-17-5-29-17)23(35-11-19-7-31-19)24(36-12-20-8-32-20)22(34-10-18-6-30-18)14-26-2-16-4-28-16;1(6-24-12-19-15-28-19)4-22-10-18(27-9-3-8-26-14-21-17-30-21)11-23-5-2-7-25-13-20-16-29-20/h15-24H,1-14H2;18-21H,1-17H2. The first kappa shape index (κ1) is 51.5. The van der Waals surface area contributed by atoms with E-state index in [1.54, 1.807) is 0 Å². The third-order valence-corrected chi connectivity index (χ3v) is 11.3. The third-order valence-electron chi connectivity index (χ3n) is 11.3. The van der Waals surface area contributed by atoms with Gasteiger partial charge >= 0.3 is 0 Å². The molecule has 0 amide bonds. The molecule has 9 heterocycles. The largest absolute Gasteiger partial charge is 0.379 e. The van der Waals surface area contributed by atoms with Crippen molar-refractivity contribution in [3.05, 3.63) is 0 Å². The van der Waals surface area contributed by atoms with Crippen molar-refractivity contribution in [1.82, 2.24) is 0 Å². The van der Waals surface area contributed by atoms with E-state index in [0.717, 1.165) is 52.3 Å². The minimum absolute atomic E-state index is 0.0793. The Morgan fingerprint density at radius 3 is 0.879 bits per heavy atom. The van der Waals surface area contributed by atoms with Crippen LogP contribution < -0.4 is 0 Å². The van der Waals surface area contributed by atoms with Crippen molar-refractivity contribution < 1.29 is 99.5 Å². The molecule has 0 aromatic carbocycles. The number of hydrogen-bond acceptors (Lipinski definition) is 21. The number of hydrogen-bond donors (Lipinski definition) is 0. The summed E-state index contributed by atoms with van der Waals surface area (Å²) in [5.74, 6) is 0. The van der Waals surface area contributed by atoms with Gasteiger partial charge in [0.25, 0.3) is 0 Å². The van der Waals surface area contributed by atoms with E-state index >= 15 is 0 Å². The first-order valence-corrected chi connectivity index (χ1v) is 24.4. The highest BCUT2D eigenvalue weighted by Gasteiger charge is 2.43. The molecule has 21 nitrogen and oxygen atoms in total. The van der Waals surface area contributed by atoms with E-state index in [1.807, 2.05) is 0 Å². The Kier molecular flexibility index (Phi) is 23.0. The molecule has 66 heavy (non-hydrogen) atoms. The minimum atomic E-state index is -0.488. The second-order valence-electron chi connectivity index (χ2n) is 17.9. The SMILES string of the molecule is C(COCC(COCCCOCC1CO1)OCCCOCC1CO1)COCC1CO1.C(OCC(OCC1CO1)C(OCC1CO1)C(OCC1CO1)C(COCC1CO1)OCC1CO1)C1CO1. The highest BCUT2D eigenvalue weighted by atomic mass is 16.7. The molecule has 0 radical (unpaired) electrons. The summed E-state index contributed by atoms with van der Waals surface area (Å²) in [6.07, 6.45) is 2.30. The smallest absolute Gasteiger partial charge is 0.115 e. The monoisotopic (exact) mass is 952 g/mol. The number of rotatable bonds is 46. The Morgan fingerprint density at radius 2 is 0.545 bits per heavy atom. The molecule has 382 valence electrons. The molecule has 0 aromatic rings. The summed E-state index contributed by atoms with van der Waals surface area (Å²) in [6, 6.07) is 0. The van der Waals surface area contributed by atoms with Crippen molar-refractivity contribution in [2.24, 2.45) is 0 Å². The Morgan fingerprint density at radius 1 is 0.273 bits per heavy atom. The van der Waals surface area contributed by atoms with Crippen LogP contribution in [-0.2, 0) is 99.5 Å². The van der Waals surface area contributed by atoms with Gasteiger partial charge in [-0.3, -0.25) is 0 Å². The van der Waals surface area contributed by atoms with Gasteiger partial charge in [-0.1, -0.05) is 0 Å². The van der Waals surface area contributed by atoms with Crippen LogP contribution in [0.15, 0.2) is 0 Å². The van der Waals surface area contributed by atoms with E-state index in [4.69, 9.17) is 99.5 Å². The molecule has 9 aliphatic heterocycles. The van der Waals surface area contributed by atoms with E-state index in [0.29, 0.717) is 170 Å². The van der Waals surface area contributed by atoms with Gasteiger partial charge in [0.15, 0.2) is 0 Å². The first-order chi connectivity index (χ1) is 32.7. The maximum Gasteiger partial charge on any atom is 0.115 e. The molecule has 13 atom stereocenters. The predicted octanol–water partition coefficient (Wildman–Crippen LogP) is -0.225. The summed E-state index contributed by atoms with van der Waals surface area (Å²) in [5, 5.41) is 0. The normalized spacial score (nSPS) is 31.5. The zero-order chi connectivity index (χ0) is 44.9. The number of epoxide rings is 9. The van der Waals surface area contributed by atoms with Crippen molar-refractivity contribution in [3.63, 3.8) is 0 Å². The average molecular weight is 953 g/mol. The molecule has 9 aliphatic rings. The maximum absolute atomic E-state index is 6.45. The molecule has 13 unspecified atom stereocenters. The van der Waals surface area contributed by atoms with Crippen LogP contribution in [0.3, 0.4) is 0 Å². The fourth-order valence-corrected chi connectivity index (χ4v) is 6.47. The molecule has 0 bridgehead atoms. The predicted molar refractivity (Wildman–Crippen MR) is 226 cm³/mol. The highest BCUT2D eigenvalue weighted by Crippen LogP contribution is 2.26. The van der Waals surface area contributed by atoms with Gasteiger partial charge in [0.1, 0.15) is 85.5 Å².